The molecule has 0 aromatic carbocycles. The molecule has 0 saturated carbocycles. The van der Waals surface area contributed by atoms with Gasteiger partial charge in [-0.2, -0.15) is 0 Å². The summed E-state index contributed by atoms with van der Waals surface area (Å²) in [6, 6.07) is 0. The van der Waals surface area contributed by atoms with Crippen LogP contribution >= 0.6 is 0 Å². The van der Waals surface area contributed by atoms with Gasteiger partial charge in [0, 0.05) is 18.2 Å². The number of ether oxygens (including phenoxy) is 1. The Hall–Kier alpha value is -1.44. The van der Waals surface area contributed by atoms with Gasteiger partial charge in [-0.3, -0.25) is 14.3 Å². The highest BCUT2D eigenvalue weighted by Crippen LogP contribution is 2.27. The Balaban J connectivity index is 2.33. The summed E-state index contributed by atoms with van der Waals surface area (Å²) in [6.07, 6.45) is 0.863. The van der Waals surface area contributed by atoms with Crippen LogP contribution in [0.3, 0.4) is 0 Å². The zero-order valence-corrected chi connectivity index (χ0v) is 10.7. The largest absolute Gasteiger partial charge is 0.394 e. The molecule has 0 amide bonds. The van der Waals surface area contributed by atoms with Crippen LogP contribution in [0.25, 0.3) is 0 Å². The lowest BCUT2D eigenvalue weighted by Crippen LogP contribution is -2.34. The van der Waals surface area contributed by atoms with E-state index >= 15 is 0 Å². The topological polar surface area (TPSA) is 105 Å². The molecule has 1 aromatic rings. The first-order chi connectivity index (χ1) is 9.06. The number of aromatic nitrogens is 2. The smallest absolute Gasteiger partial charge is 0.330 e. The number of aryl methyl sites for hydroxylation is 1. The van der Waals surface area contributed by atoms with Gasteiger partial charge in [0.2, 0.25) is 0 Å². The van der Waals surface area contributed by atoms with E-state index in [1.807, 2.05) is 6.92 Å². The molecule has 1 fully saturated rings. The van der Waals surface area contributed by atoms with Crippen LogP contribution in [0, 0.1) is 0 Å². The Morgan fingerprint density at radius 2 is 2.26 bits per heavy atom. The van der Waals surface area contributed by atoms with E-state index in [1.54, 1.807) is 0 Å². The summed E-state index contributed by atoms with van der Waals surface area (Å²) in [4.78, 5) is 25.6. The van der Waals surface area contributed by atoms with Gasteiger partial charge in [0.25, 0.3) is 5.56 Å². The minimum atomic E-state index is -0.816. The van der Waals surface area contributed by atoms with Gasteiger partial charge in [0.15, 0.2) is 0 Å². The van der Waals surface area contributed by atoms with Crippen LogP contribution in [0.4, 0.5) is 0 Å². The van der Waals surface area contributed by atoms with Crippen LogP contribution in [0.5, 0.6) is 0 Å². The second-order valence-electron chi connectivity index (χ2n) is 4.69. The Morgan fingerprint density at radius 3 is 2.84 bits per heavy atom. The molecule has 0 bridgehead atoms. The minimum absolute atomic E-state index is 0.211. The van der Waals surface area contributed by atoms with Crippen molar-refractivity contribution >= 4 is 0 Å². The Bertz CT molecular complexity index is 550. The van der Waals surface area contributed by atoms with Gasteiger partial charge in [-0.25, -0.2) is 4.79 Å². The summed E-state index contributed by atoms with van der Waals surface area (Å²) in [5, 5.41) is 18.7. The molecule has 19 heavy (non-hydrogen) atoms. The molecule has 3 N–H and O–H groups in total. The van der Waals surface area contributed by atoms with Crippen molar-refractivity contribution in [2.24, 2.45) is 0 Å². The third-order valence-electron chi connectivity index (χ3n) is 3.26. The summed E-state index contributed by atoms with van der Waals surface area (Å²) in [5.74, 6) is 0. The predicted molar refractivity (Wildman–Crippen MR) is 66.9 cm³/mol. The highest BCUT2D eigenvalue weighted by atomic mass is 16.5. The molecule has 1 saturated heterocycles. The van der Waals surface area contributed by atoms with E-state index < -0.39 is 24.1 Å². The summed E-state index contributed by atoms with van der Waals surface area (Å²) in [5.41, 5.74) is -0.450. The summed E-state index contributed by atoms with van der Waals surface area (Å²) >= 11 is 0. The van der Waals surface area contributed by atoms with Crippen LogP contribution in [0.15, 0.2) is 15.8 Å². The molecule has 0 unspecified atom stereocenters. The fraction of sp³-hybridized carbons (Fsp3) is 0.667. The molecule has 1 aromatic heterocycles. The normalized spacial score (nSPS) is 26.8. The number of aliphatic hydroxyl groups is 2. The fourth-order valence-electron chi connectivity index (χ4n) is 2.24. The van der Waals surface area contributed by atoms with E-state index in [0.29, 0.717) is 12.0 Å². The number of H-pyrrole nitrogens is 1. The third kappa shape index (κ3) is 2.78. The molecule has 2 heterocycles. The van der Waals surface area contributed by atoms with E-state index in [-0.39, 0.29) is 18.6 Å². The molecule has 0 aliphatic carbocycles. The van der Waals surface area contributed by atoms with E-state index in [1.165, 1.54) is 10.8 Å². The highest BCUT2D eigenvalue weighted by molar-refractivity contribution is 5.05. The Morgan fingerprint density at radius 1 is 1.53 bits per heavy atom. The lowest BCUT2D eigenvalue weighted by Gasteiger charge is -2.15. The first-order valence-corrected chi connectivity index (χ1v) is 6.35. The highest BCUT2D eigenvalue weighted by Gasteiger charge is 2.35. The first-order valence-electron chi connectivity index (χ1n) is 6.35. The molecule has 7 nitrogen and oxygen atoms in total. The molecule has 0 spiro atoms. The number of nitrogens with one attached hydrogen (secondary N) is 1. The van der Waals surface area contributed by atoms with Gasteiger partial charge in [-0.15, -0.1) is 0 Å². The molecule has 0 radical (unpaired) electrons. The van der Waals surface area contributed by atoms with Gasteiger partial charge in [0.1, 0.15) is 12.3 Å². The van der Waals surface area contributed by atoms with Crippen molar-refractivity contribution in [2.75, 3.05) is 6.61 Å². The molecule has 1 aliphatic rings. The standard InChI is InChI=1S/C12H18N2O5/c1-2-3-7-5-14(12(18)13-11(7)17)10-4-8(16)9(6-15)19-10/h5,8-10,15-16H,2-4,6H2,1H3,(H,13,17,18)/t8-,9+,10-/m1/s1. The van der Waals surface area contributed by atoms with Crippen molar-refractivity contribution in [3.63, 3.8) is 0 Å². The quantitative estimate of drug-likeness (QED) is 0.659. The van der Waals surface area contributed by atoms with Crippen molar-refractivity contribution in [1.29, 1.82) is 0 Å². The predicted octanol–water partition coefficient (Wildman–Crippen LogP) is -0.870. The lowest BCUT2D eigenvalue weighted by atomic mass is 10.2. The summed E-state index contributed by atoms with van der Waals surface area (Å²) in [6.45, 7) is 1.63. The Kier molecular flexibility index (Phi) is 4.18. The minimum Gasteiger partial charge on any atom is -0.394 e. The van der Waals surface area contributed by atoms with Crippen molar-refractivity contribution < 1.29 is 14.9 Å². The number of nitrogens with zero attached hydrogens (tertiary/aromatic N) is 1. The molecule has 3 atom stereocenters. The fourth-order valence-corrected chi connectivity index (χ4v) is 2.24. The van der Waals surface area contributed by atoms with Gasteiger partial charge in [0.05, 0.1) is 12.7 Å². The second-order valence-corrected chi connectivity index (χ2v) is 4.69. The SMILES string of the molecule is CCCc1cn([C@H]2C[C@@H](O)[C@H](CO)O2)c(=O)[nH]c1=O. The molecular weight excluding hydrogens is 252 g/mol. The van der Waals surface area contributed by atoms with Gasteiger partial charge in [-0.05, 0) is 6.42 Å². The summed E-state index contributed by atoms with van der Waals surface area (Å²) < 4.78 is 6.67. The molecule has 106 valence electrons. The van der Waals surface area contributed by atoms with Gasteiger partial charge in [-0.1, -0.05) is 13.3 Å². The lowest BCUT2D eigenvalue weighted by molar-refractivity contribution is -0.0460. The third-order valence-corrected chi connectivity index (χ3v) is 3.26. The van der Waals surface area contributed by atoms with Gasteiger partial charge < -0.3 is 14.9 Å². The van der Waals surface area contributed by atoms with E-state index in [2.05, 4.69) is 4.98 Å². The number of hydrogen-bond donors (Lipinski definition) is 3. The molecular formula is C12H18N2O5. The van der Waals surface area contributed by atoms with Gasteiger partial charge >= 0.3 is 5.69 Å². The second kappa shape index (κ2) is 5.68. The van der Waals surface area contributed by atoms with Crippen molar-refractivity contribution in [1.82, 2.24) is 9.55 Å². The van der Waals surface area contributed by atoms with Crippen LogP contribution in [0.1, 0.15) is 31.6 Å². The van der Waals surface area contributed by atoms with Crippen molar-refractivity contribution in [3.8, 4) is 0 Å². The number of aromatic amines is 1. The van der Waals surface area contributed by atoms with Crippen LogP contribution in [-0.2, 0) is 11.2 Å². The maximum absolute atomic E-state index is 11.8. The van der Waals surface area contributed by atoms with Crippen molar-refractivity contribution in [3.05, 3.63) is 32.6 Å². The zero-order valence-electron chi connectivity index (χ0n) is 10.7. The maximum atomic E-state index is 11.8. The number of rotatable bonds is 4. The Labute approximate surface area is 109 Å². The molecule has 1 aliphatic heterocycles. The van der Waals surface area contributed by atoms with E-state index in [4.69, 9.17) is 9.84 Å². The van der Waals surface area contributed by atoms with Crippen LogP contribution in [-0.4, -0.2) is 38.6 Å². The van der Waals surface area contributed by atoms with Crippen LogP contribution < -0.4 is 11.2 Å². The number of aliphatic hydroxyl groups excluding tert-OH is 2. The molecule has 2 rings (SSSR count). The number of hydrogen-bond acceptors (Lipinski definition) is 5. The monoisotopic (exact) mass is 270 g/mol. The average molecular weight is 270 g/mol. The zero-order chi connectivity index (χ0) is 14.0. The van der Waals surface area contributed by atoms with E-state index in [0.717, 1.165) is 6.42 Å². The average Bonchev–Trinajstić information content (AvgIpc) is 2.74. The first kappa shape index (κ1) is 14.0. The molecule has 7 heteroatoms. The van der Waals surface area contributed by atoms with Crippen LogP contribution in [0.2, 0.25) is 0 Å². The van der Waals surface area contributed by atoms with Crippen molar-refractivity contribution in [2.45, 2.75) is 44.6 Å². The van der Waals surface area contributed by atoms with E-state index in [9.17, 15) is 14.7 Å². The maximum Gasteiger partial charge on any atom is 0.330 e. The summed E-state index contributed by atoms with van der Waals surface area (Å²) in [7, 11) is 0.